The minimum atomic E-state index is -0.855. The van der Waals surface area contributed by atoms with Crippen molar-refractivity contribution in [1.29, 1.82) is 0 Å². The largest absolute Gasteiger partial charge is 0.481 e. The molecule has 0 radical (unpaired) electrons. The average molecular weight is 317 g/mol. The first-order valence-electron chi connectivity index (χ1n) is 7.74. The Kier molecular flexibility index (Phi) is 4.18. The number of carboxylic acid groups (broad SMARTS) is 1. The highest BCUT2D eigenvalue weighted by atomic mass is 16.4. The van der Waals surface area contributed by atoms with Crippen molar-refractivity contribution < 1.29 is 19.5 Å². The Labute approximate surface area is 133 Å². The van der Waals surface area contributed by atoms with E-state index >= 15 is 0 Å². The second-order valence-electron chi connectivity index (χ2n) is 5.90. The van der Waals surface area contributed by atoms with Gasteiger partial charge in [-0.05, 0) is 37.1 Å². The van der Waals surface area contributed by atoms with E-state index in [9.17, 15) is 14.4 Å². The molecule has 2 fully saturated rings. The highest BCUT2D eigenvalue weighted by molar-refractivity contribution is 5.99. The van der Waals surface area contributed by atoms with Crippen molar-refractivity contribution in [2.75, 3.05) is 29.9 Å². The number of β-lactam (4-membered cyclic amide) rings is 1. The predicted octanol–water partition coefficient (Wildman–Crippen LogP) is 1.75. The highest BCUT2D eigenvalue weighted by Crippen LogP contribution is 2.24. The van der Waals surface area contributed by atoms with Crippen molar-refractivity contribution in [3.63, 3.8) is 0 Å². The van der Waals surface area contributed by atoms with Crippen molar-refractivity contribution in [2.24, 2.45) is 5.92 Å². The van der Waals surface area contributed by atoms with E-state index in [0.717, 1.165) is 12.2 Å². The standard InChI is InChI=1S/C16H19N3O4/c20-14-7-9-19(14)13-5-3-12(4-6-13)17-16(23)18-8-1-2-11(10-18)15(21)22/h3-6,11H,1-2,7-10H2,(H,17,23)(H,21,22). The van der Waals surface area contributed by atoms with E-state index in [0.29, 0.717) is 31.5 Å². The van der Waals surface area contributed by atoms with Gasteiger partial charge >= 0.3 is 12.0 Å². The number of nitrogens with zero attached hydrogens (tertiary/aromatic N) is 2. The zero-order valence-electron chi connectivity index (χ0n) is 12.7. The van der Waals surface area contributed by atoms with Gasteiger partial charge in [0.15, 0.2) is 0 Å². The molecule has 0 spiro atoms. The summed E-state index contributed by atoms with van der Waals surface area (Å²) in [6, 6.07) is 6.80. The van der Waals surface area contributed by atoms with Gasteiger partial charge in [-0.2, -0.15) is 0 Å². The monoisotopic (exact) mass is 317 g/mol. The van der Waals surface area contributed by atoms with E-state index in [1.54, 1.807) is 29.2 Å². The summed E-state index contributed by atoms with van der Waals surface area (Å²) in [5.74, 6) is -1.24. The molecule has 7 heteroatoms. The van der Waals surface area contributed by atoms with Gasteiger partial charge in [-0.25, -0.2) is 4.79 Å². The molecule has 3 rings (SSSR count). The molecule has 7 nitrogen and oxygen atoms in total. The number of anilines is 2. The van der Waals surface area contributed by atoms with Crippen LogP contribution in [-0.4, -0.2) is 47.5 Å². The maximum absolute atomic E-state index is 12.2. The summed E-state index contributed by atoms with van der Waals surface area (Å²) >= 11 is 0. The van der Waals surface area contributed by atoms with Crippen LogP contribution in [-0.2, 0) is 9.59 Å². The maximum atomic E-state index is 12.2. The first kappa shape index (κ1) is 15.3. The number of nitrogens with one attached hydrogen (secondary N) is 1. The lowest BCUT2D eigenvalue weighted by Crippen LogP contribution is -2.44. The molecule has 1 atom stereocenters. The summed E-state index contributed by atoms with van der Waals surface area (Å²) in [4.78, 5) is 37.9. The van der Waals surface area contributed by atoms with Gasteiger partial charge in [-0.3, -0.25) is 9.59 Å². The predicted molar refractivity (Wildman–Crippen MR) is 84.4 cm³/mol. The van der Waals surface area contributed by atoms with Gasteiger partial charge < -0.3 is 20.2 Å². The Hall–Kier alpha value is -2.57. The second kappa shape index (κ2) is 6.28. The number of carboxylic acids is 1. The van der Waals surface area contributed by atoms with Crippen LogP contribution in [0.1, 0.15) is 19.3 Å². The van der Waals surface area contributed by atoms with Gasteiger partial charge in [0.25, 0.3) is 0 Å². The minimum absolute atomic E-state index is 0.106. The van der Waals surface area contributed by atoms with E-state index in [2.05, 4.69) is 5.32 Å². The van der Waals surface area contributed by atoms with Gasteiger partial charge in [0.1, 0.15) is 0 Å². The van der Waals surface area contributed by atoms with Crippen molar-refractivity contribution in [2.45, 2.75) is 19.3 Å². The third-order valence-corrected chi connectivity index (χ3v) is 4.34. The molecule has 0 bridgehead atoms. The fraction of sp³-hybridized carbons (Fsp3) is 0.438. The highest BCUT2D eigenvalue weighted by Gasteiger charge is 2.28. The minimum Gasteiger partial charge on any atom is -0.481 e. The number of piperidine rings is 1. The number of hydrogen-bond donors (Lipinski definition) is 2. The number of likely N-dealkylation sites (tertiary alicyclic amines) is 1. The number of amides is 3. The second-order valence-corrected chi connectivity index (χ2v) is 5.90. The number of aliphatic carboxylic acids is 1. The molecular weight excluding hydrogens is 298 g/mol. The van der Waals surface area contributed by atoms with Gasteiger partial charge in [-0.1, -0.05) is 0 Å². The molecule has 2 heterocycles. The van der Waals surface area contributed by atoms with Crippen LogP contribution in [0.25, 0.3) is 0 Å². The summed E-state index contributed by atoms with van der Waals surface area (Å²) in [6.45, 7) is 1.53. The topological polar surface area (TPSA) is 89.9 Å². The number of carbonyl (C=O) groups is 3. The average Bonchev–Trinajstić information content (AvgIpc) is 2.55. The molecule has 1 unspecified atom stereocenters. The molecule has 2 aliphatic heterocycles. The van der Waals surface area contributed by atoms with Crippen LogP contribution in [0.5, 0.6) is 0 Å². The Bertz CT molecular complexity index is 629. The molecule has 2 N–H and O–H groups in total. The van der Waals surface area contributed by atoms with Crippen LogP contribution in [0, 0.1) is 5.92 Å². The summed E-state index contributed by atoms with van der Waals surface area (Å²) in [5, 5.41) is 11.8. The lowest BCUT2D eigenvalue weighted by molar-refractivity contribution is -0.143. The summed E-state index contributed by atoms with van der Waals surface area (Å²) in [5.41, 5.74) is 1.45. The molecule has 2 saturated heterocycles. The normalized spacial score (nSPS) is 20.9. The molecule has 2 aliphatic rings. The molecule has 23 heavy (non-hydrogen) atoms. The van der Waals surface area contributed by atoms with Crippen molar-refractivity contribution in [3.8, 4) is 0 Å². The first-order valence-corrected chi connectivity index (χ1v) is 7.74. The molecule has 122 valence electrons. The van der Waals surface area contributed by atoms with Crippen molar-refractivity contribution >= 4 is 29.3 Å². The third-order valence-electron chi connectivity index (χ3n) is 4.34. The van der Waals surface area contributed by atoms with Crippen LogP contribution in [0.3, 0.4) is 0 Å². The lowest BCUT2D eigenvalue weighted by atomic mass is 9.99. The molecule has 3 amide bonds. The van der Waals surface area contributed by atoms with E-state index in [1.807, 2.05) is 0 Å². The Balaban J connectivity index is 1.59. The van der Waals surface area contributed by atoms with Gasteiger partial charge in [0, 0.05) is 37.4 Å². The SMILES string of the molecule is O=C(O)C1CCCN(C(=O)Nc2ccc(N3CCC3=O)cc2)C1. The lowest BCUT2D eigenvalue weighted by Gasteiger charge is -2.31. The van der Waals surface area contributed by atoms with Crippen molar-refractivity contribution in [3.05, 3.63) is 24.3 Å². The maximum Gasteiger partial charge on any atom is 0.321 e. The number of urea groups is 1. The Morgan fingerprint density at radius 1 is 1.17 bits per heavy atom. The molecular formula is C16H19N3O4. The fourth-order valence-corrected chi connectivity index (χ4v) is 2.88. The molecule has 0 aromatic heterocycles. The molecule has 1 aromatic rings. The van der Waals surface area contributed by atoms with Crippen LogP contribution in [0.4, 0.5) is 16.2 Å². The quantitative estimate of drug-likeness (QED) is 0.831. The van der Waals surface area contributed by atoms with E-state index in [4.69, 9.17) is 5.11 Å². The number of benzene rings is 1. The zero-order chi connectivity index (χ0) is 16.4. The smallest absolute Gasteiger partial charge is 0.321 e. The van der Waals surface area contributed by atoms with Gasteiger partial charge in [0.2, 0.25) is 5.91 Å². The first-order chi connectivity index (χ1) is 11.0. The Morgan fingerprint density at radius 2 is 1.91 bits per heavy atom. The summed E-state index contributed by atoms with van der Waals surface area (Å²) < 4.78 is 0. The van der Waals surface area contributed by atoms with Crippen LogP contribution in [0.15, 0.2) is 24.3 Å². The molecule has 0 aliphatic carbocycles. The number of rotatable bonds is 3. The van der Waals surface area contributed by atoms with E-state index < -0.39 is 11.9 Å². The summed E-state index contributed by atoms with van der Waals surface area (Å²) in [6.07, 6.45) is 1.89. The zero-order valence-corrected chi connectivity index (χ0v) is 12.7. The summed E-state index contributed by atoms with van der Waals surface area (Å²) in [7, 11) is 0. The number of carbonyl (C=O) groups excluding carboxylic acids is 2. The number of hydrogen-bond acceptors (Lipinski definition) is 3. The fourth-order valence-electron chi connectivity index (χ4n) is 2.88. The van der Waals surface area contributed by atoms with Crippen LogP contribution in [0.2, 0.25) is 0 Å². The van der Waals surface area contributed by atoms with E-state index in [1.165, 1.54) is 4.90 Å². The van der Waals surface area contributed by atoms with Gasteiger partial charge in [0.05, 0.1) is 5.92 Å². The van der Waals surface area contributed by atoms with Crippen LogP contribution >= 0.6 is 0 Å². The molecule has 0 saturated carbocycles. The van der Waals surface area contributed by atoms with E-state index in [-0.39, 0.29) is 18.5 Å². The van der Waals surface area contributed by atoms with Gasteiger partial charge in [-0.15, -0.1) is 0 Å². The molecule has 1 aromatic carbocycles. The Morgan fingerprint density at radius 3 is 2.48 bits per heavy atom. The van der Waals surface area contributed by atoms with Crippen LogP contribution < -0.4 is 10.2 Å². The van der Waals surface area contributed by atoms with Crippen molar-refractivity contribution in [1.82, 2.24) is 4.90 Å². The third kappa shape index (κ3) is 3.28.